The molecule has 3 aromatic heterocycles. The molecule has 0 aromatic carbocycles. The Balaban J connectivity index is 1.47. The Morgan fingerprint density at radius 1 is 1.20 bits per heavy atom. The van der Waals surface area contributed by atoms with Crippen molar-refractivity contribution < 1.29 is 4.52 Å². The molecule has 20 heavy (non-hydrogen) atoms. The summed E-state index contributed by atoms with van der Waals surface area (Å²) in [5.74, 6) is 3.10. The van der Waals surface area contributed by atoms with Crippen LogP contribution in [0.5, 0.6) is 0 Å². The van der Waals surface area contributed by atoms with Crippen LogP contribution in [0.15, 0.2) is 46.4 Å². The topological polar surface area (TPSA) is 51.8 Å². The Labute approximate surface area is 125 Å². The predicted octanol–water partition coefficient (Wildman–Crippen LogP) is 3.67. The summed E-state index contributed by atoms with van der Waals surface area (Å²) in [4.78, 5) is 9.73. The number of hydrogen-bond acceptors (Lipinski definition) is 6. The minimum atomic E-state index is 0.680. The zero-order valence-electron chi connectivity index (χ0n) is 10.7. The molecule has 102 valence electrons. The number of aromatic nitrogens is 3. The lowest BCUT2D eigenvalue weighted by atomic mass is 10.3. The first-order chi connectivity index (χ1) is 9.92. The number of pyridine rings is 1. The smallest absolute Gasteiger partial charge is 0.236 e. The second-order valence-corrected chi connectivity index (χ2v) is 6.17. The van der Waals surface area contributed by atoms with E-state index in [0.717, 1.165) is 28.5 Å². The molecule has 3 aromatic rings. The standard InChI is InChI=1S/C14H13N3OS2/c1-2-7-15-11(4-1)6-9-19-10-13-16-14(17-18-13)12-5-3-8-20-12/h1-5,7-8H,6,9-10H2. The molecule has 6 heteroatoms. The van der Waals surface area contributed by atoms with E-state index >= 15 is 0 Å². The van der Waals surface area contributed by atoms with Gasteiger partial charge in [0.05, 0.1) is 10.6 Å². The SMILES string of the molecule is c1ccc(CCSCc2nc(-c3cccs3)no2)nc1. The number of nitrogens with zero attached hydrogens (tertiary/aromatic N) is 3. The molecule has 0 aliphatic rings. The minimum absolute atomic E-state index is 0.680. The van der Waals surface area contributed by atoms with Gasteiger partial charge in [0.25, 0.3) is 0 Å². The molecule has 0 amide bonds. The highest BCUT2D eigenvalue weighted by atomic mass is 32.2. The van der Waals surface area contributed by atoms with Crippen LogP contribution in [0.4, 0.5) is 0 Å². The van der Waals surface area contributed by atoms with E-state index in [0.29, 0.717) is 11.7 Å². The largest absolute Gasteiger partial charge is 0.338 e. The number of thiophene rings is 1. The van der Waals surface area contributed by atoms with Gasteiger partial charge in [0.1, 0.15) is 0 Å². The van der Waals surface area contributed by atoms with Gasteiger partial charge in [-0.3, -0.25) is 4.98 Å². The van der Waals surface area contributed by atoms with Crippen molar-refractivity contribution in [2.45, 2.75) is 12.2 Å². The van der Waals surface area contributed by atoms with Gasteiger partial charge in [0, 0.05) is 11.9 Å². The summed E-state index contributed by atoms with van der Waals surface area (Å²) in [5, 5.41) is 6.00. The molecule has 0 aliphatic heterocycles. The molecular formula is C14H13N3OS2. The lowest BCUT2D eigenvalue weighted by Crippen LogP contribution is -1.92. The second kappa shape index (κ2) is 6.67. The van der Waals surface area contributed by atoms with Gasteiger partial charge in [0.15, 0.2) is 0 Å². The molecule has 0 fully saturated rings. The van der Waals surface area contributed by atoms with Crippen LogP contribution in [0.2, 0.25) is 0 Å². The second-order valence-electron chi connectivity index (χ2n) is 4.11. The average molecular weight is 303 g/mol. The van der Waals surface area contributed by atoms with Crippen LogP contribution >= 0.6 is 23.1 Å². The summed E-state index contributed by atoms with van der Waals surface area (Å²) < 4.78 is 5.25. The summed E-state index contributed by atoms with van der Waals surface area (Å²) in [6.07, 6.45) is 2.78. The molecule has 0 unspecified atom stereocenters. The van der Waals surface area contributed by atoms with Gasteiger partial charge >= 0.3 is 0 Å². The molecule has 0 spiro atoms. The lowest BCUT2D eigenvalue weighted by molar-refractivity contribution is 0.392. The first-order valence-electron chi connectivity index (χ1n) is 6.26. The molecule has 0 bridgehead atoms. The maximum absolute atomic E-state index is 5.25. The number of aryl methyl sites for hydroxylation is 1. The third kappa shape index (κ3) is 3.46. The summed E-state index contributed by atoms with van der Waals surface area (Å²) in [7, 11) is 0. The molecule has 3 rings (SSSR count). The van der Waals surface area contributed by atoms with Crippen LogP contribution < -0.4 is 0 Å². The number of thioether (sulfide) groups is 1. The fraction of sp³-hybridized carbons (Fsp3) is 0.214. The Morgan fingerprint density at radius 3 is 3.00 bits per heavy atom. The van der Waals surface area contributed by atoms with Crippen molar-refractivity contribution in [3.8, 4) is 10.7 Å². The molecule has 0 saturated heterocycles. The first-order valence-corrected chi connectivity index (χ1v) is 8.29. The third-order valence-corrected chi connectivity index (χ3v) is 4.47. The molecule has 0 atom stereocenters. The Kier molecular flexibility index (Phi) is 4.45. The highest BCUT2D eigenvalue weighted by Crippen LogP contribution is 2.22. The molecular weight excluding hydrogens is 290 g/mol. The normalized spacial score (nSPS) is 10.8. The van der Waals surface area contributed by atoms with Crippen molar-refractivity contribution in [3.63, 3.8) is 0 Å². The predicted molar refractivity (Wildman–Crippen MR) is 81.7 cm³/mol. The van der Waals surface area contributed by atoms with Crippen LogP contribution in [-0.4, -0.2) is 20.9 Å². The molecule has 0 saturated carbocycles. The van der Waals surface area contributed by atoms with Gasteiger partial charge in [-0.05, 0) is 35.8 Å². The van der Waals surface area contributed by atoms with E-state index in [1.54, 1.807) is 23.1 Å². The minimum Gasteiger partial charge on any atom is -0.338 e. The summed E-state index contributed by atoms with van der Waals surface area (Å²) in [6, 6.07) is 9.97. The highest BCUT2D eigenvalue weighted by Gasteiger charge is 2.09. The molecule has 4 nitrogen and oxygen atoms in total. The summed E-state index contributed by atoms with van der Waals surface area (Å²) >= 11 is 3.39. The van der Waals surface area contributed by atoms with Gasteiger partial charge in [-0.15, -0.1) is 11.3 Å². The first kappa shape index (κ1) is 13.3. The fourth-order valence-corrected chi connectivity index (χ4v) is 3.14. The van der Waals surface area contributed by atoms with Crippen molar-refractivity contribution in [2.24, 2.45) is 0 Å². The quantitative estimate of drug-likeness (QED) is 0.650. The van der Waals surface area contributed by atoms with E-state index in [1.807, 2.05) is 41.9 Å². The van der Waals surface area contributed by atoms with Crippen molar-refractivity contribution in [3.05, 3.63) is 53.5 Å². The van der Waals surface area contributed by atoms with Crippen LogP contribution in [0, 0.1) is 0 Å². The maximum atomic E-state index is 5.25. The van der Waals surface area contributed by atoms with Crippen LogP contribution in [-0.2, 0) is 12.2 Å². The van der Waals surface area contributed by atoms with Crippen LogP contribution in [0.1, 0.15) is 11.6 Å². The van der Waals surface area contributed by atoms with Gasteiger partial charge in [-0.2, -0.15) is 16.7 Å². The highest BCUT2D eigenvalue weighted by molar-refractivity contribution is 7.98. The van der Waals surface area contributed by atoms with Crippen LogP contribution in [0.25, 0.3) is 10.7 Å². The fourth-order valence-electron chi connectivity index (χ4n) is 1.70. The summed E-state index contributed by atoms with van der Waals surface area (Å²) in [6.45, 7) is 0. The molecule has 0 radical (unpaired) electrons. The van der Waals surface area contributed by atoms with Crippen molar-refractivity contribution in [2.75, 3.05) is 5.75 Å². The van der Waals surface area contributed by atoms with Gasteiger partial charge < -0.3 is 4.52 Å². The average Bonchev–Trinajstić information content (AvgIpc) is 3.15. The zero-order valence-corrected chi connectivity index (χ0v) is 12.4. The van der Waals surface area contributed by atoms with E-state index in [9.17, 15) is 0 Å². The number of hydrogen-bond donors (Lipinski definition) is 0. The summed E-state index contributed by atoms with van der Waals surface area (Å²) in [5.41, 5.74) is 1.12. The monoisotopic (exact) mass is 303 g/mol. The molecule has 0 aliphatic carbocycles. The zero-order chi connectivity index (χ0) is 13.6. The molecule has 0 N–H and O–H groups in total. The number of rotatable bonds is 6. The molecule has 3 heterocycles. The van der Waals surface area contributed by atoms with Gasteiger partial charge in [-0.25, -0.2) is 0 Å². The third-order valence-electron chi connectivity index (χ3n) is 2.66. The Morgan fingerprint density at radius 2 is 2.20 bits per heavy atom. The van der Waals surface area contributed by atoms with Gasteiger partial charge in [0.2, 0.25) is 11.7 Å². The van der Waals surface area contributed by atoms with E-state index < -0.39 is 0 Å². The van der Waals surface area contributed by atoms with E-state index in [1.165, 1.54) is 0 Å². The van der Waals surface area contributed by atoms with E-state index in [-0.39, 0.29) is 0 Å². The van der Waals surface area contributed by atoms with Crippen molar-refractivity contribution in [1.29, 1.82) is 0 Å². The lowest BCUT2D eigenvalue weighted by Gasteiger charge is -1.98. The van der Waals surface area contributed by atoms with Crippen LogP contribution in [0.3, 0.4) is 0 Å². The van der Waals surface area contributed by atoms with Gasteiger partial charge in [-0.1, -0.05) is 17.3 Å². The van der Waals surface area contributed by atoms with E-state index in [4.69, 9.17) is 4.52 Å². The van der Waals surface area contributed by atoms with Crippen molar-refractivity contribution >= 4 is 23.1 Å². The maximum Gasteiger partial charge on any atom is 0.236 e. The van der Waals surface area contributed by atoms with E-state index in [2.05, 4.69) is 15.1 Å². The Hall–Kier alpha value is -1.66. The Bertz CT molecular complexity index is 638. The van der Waals surface area contributed by atoms with Crippen molar-refractivity contribution in [1.82, 2.24) is 15.1 Å².